The Kier molecular flexibility index (Phi) is 3.73. The van der Waals surface area contributed by atoms with Gasteiger partial charge in [0, 0.05) is 45.3 Å². The number of nitro benzene ring substituents is 1. The van der Waals surface area contributed by atoms with E-state index in [9.17, 15) is 10.1 Å². The number of hydrogen-bond acceptors (Lipinski definition) is 6. The summed E-state index contributed by atoms with van der Waals surface area (Å²) in [6.45, 7) is 5.38. The summed E-state index contributed by atoms with van der Waals surface area (Å²) in [5.41, 5.74) is 0.618. The number of nitro groups is 1. The lowest BCUT2D eigenvalue weighted by atomic mass is 10.1. The van der Waals surface area contributed by atoms with Gasteiger partial charge in [-0.3, -0.25) is 15.0 Å². The van der Waals surface area contributed by atoms with Crippen molar-refractivity contribution in [3.05, 3.63) is 33.9 Å². The molecule has 3 rings (SSSR count). The SMILES string of the molecule is N#Cc1cccc(N2CCN(C3CNC3)CC2)c1[N+](=O)[O-]. The smallest absolute Gasteiger partial charge is 0.310 e. The third kappa shape index (κ3) is 2.55. The zero-order valence-corrected chi connectivity index (χ0v) is 11.7. The Labute approximate surface area is 122 Å². The van der Waals surface area contributed by atoms with Crippen molar-refractivity contribution in [3.8, 4) is 6.07 Å². The average molecular weight is 287 g/mol. The van der Waals surface area contributed by atoms with E-state index in [0.29, 0.717) is 11.7 Å². The van der Waals surface area contributed by atoms with Crippen LogP contribution in [0.3, 0.4) is 0 Å². The van der Waals surface area contributed by atoms with E-state index in [2.05, 4.69) is 10.2 Å². The van der Waals surface area contributed by atoms with Crippen molar-refractivity contribution in [3.63, 3.8) is 0 Å². The Balaban J connectivity index is 1.79. The van der Waals surface area contributed by atoms with Crippen LogP contribution in [0.2, 0.25) is 0 Å². The van der Waals surface area contributed by atoms with Crippen molar-refractivity contribution in [2.24, 2.45) is 0 Å². The Morgan fingerprint density at radius 1 is 1.29 bits per heavy atom. The lowest BCUT2D eigenvalue weighted by Gasteiger charge is -2.43. The van der Waals surface area contributed by atoms with Crippen molar-refractivity contribution in [2.75, 3.05) is 44.2 Å². The predicted octanol–water partition coefficient (Wildman–Crippen LogP) is 0.560. The summed E-state index contributed by atoms with van der Waals surface area (Å²) >= 11 is 0. The Morgan fingerprint density at radius 2 is 2.00 bits per heavy atom. The van der Waals surface area contributed by atoms with Crippen molar-refractivity contribution >= 4 is 11.4 Å². The molecular formula is C14H17N5O2. The summed E-state index contributed by atoms with van der Waals surface area (Å²) in [6, 6.07) is 7.46. The second kappa shape index (κ2) is 5.68. The topological polar surface area (TPSA) is 85.4 Å². The molecule has 2 aliphatic rings. The van der Waals surface area contributed by atoms with Gasteiger partial charge in [-0.05, 0) is 12.1 Å². The molecule has 0 saturated carbocycles. The number of piperazine rings is 1. The van der Waals surface area contributed by atoms with Crippen LogP contribution in [-0.4, -0.2) is 55.1 Å². The quantitative estimate of drug-likeness (QED) is 0.646. The van der Waals surface area contributed by atoms with Crippen LogP contribution in [0.15, 0.2) is 18.2 Å². The molecule has 21 heavy (non-hydrogen) atoms. The third-order valence-corrected chi connectivity index (χ3v) is 4.25. The van der Waals surface area contributed by atoms with Gasteiger partial charge in [0.15, 0.2) is 0 Å². The number of anilines is 1. The molecule has 2 heterocycles. The fourth-order valence-electron chi connectivity index (χ4n) is 2.93. The maximum Gasteiger partial charge on any atom is 0.310 e. The molecule has 0 unspecified atom stereocenters. The van der Waals surface area contributed by atoms with E-state index in [1.165, 1.54) is 6.07 Å². The van der Waals surface area contributed by atoms with Gasteiger partial charge >= 0.3 is 5.69 Å². The molecule has 1 N–H and O–H groups in total. The monoisotopic (exact) mass is 287 g/mol. The summed E-state index contributed by atoms with van der Waals surface area (Å²) in [5.74, 6) is 0. The minimum atomic E-state index is -0.448. The van der Waals surface area contributed by atoms with Crippen molar-refractivity contribution in [1.29, 1.82) is 5.26 Å². The molecule has 0 aromatic heterocycles. The normalized spacial score (nSPS) is 19.9. The highest BCUT2D eigenvalue weighted by atomic mass is 16.6. The van der Waals surface area contributed by atoms with E-state index >= 15 is 0 Å². The molecule has 7 heteroatoms. The molecule has 110 valence electrons. The van der Waals surface area contributed by atoms with Gasteiger partial charge in [0.05, 0.1) is 4.92 Å². The van der Waals surface area contributed by atoms with Crippen LogP contribution in [0.4, 0.5) is 11.4 Å². The van der Waals surface area contributed by atoms with E-state index in [-0.39, 0.29) is 11.3 Å². The first-order valence-electron chi connectivity index (χ1n) is 7.08. The van der Waals surface area contributed by atoms with Gasteiger partial charge < -0.3 is 10.2 Å². The molecule has 1 aromatic carbocycles. The number of nitrogens with zero attached hydrogens (tertiary/aromatic N) is 4. The highest BCUT2D eigenvalue weighted by molar-refractivity contribution is 5.70. The van der Waals surface area contributed by atoms with Crippen molar-refractivity contribution in [1.82, 2.24) is 10.2 Å². The van der Waals surface area contributed by atoms with Crippen LogP contribution in [0.1, 0.15) is 5.56 Å². The molecule has 2 saturated heterocycles. The van der Waals surface area contributed by atoms with E-state index in [1.54, 1.807) is 12.1 Å². The highest BCUT2D eigenvalue weighted by Gasteiger charge is 2.30. The van der Waals surface area contributed by atoms with Crippen molar-refractivity contribution < 1.29 is 4.92 Å². The van der Waals surface area contributed by atoms with Gasteiger partial charge in [0.2, 0.25) is 0 Å². The summed E-state index contributed by atoms with van der Waals surface area (Å²) in [5, 5.41) is 23.6. The minimum Gasteiger partial charge on any atom is -0.363 e. The molecular weight excluding hydrogens is 270 g/mol. The van der Waals surface area contributed by atoms with Crippen LogP contribution in [-0.2, 0) is 0 Å². The molecule has 0 atom stereocenters. The molecule has 2 aliphatic heterocycles. The standard InChI is InChI=1S/C14H17N5O2/c15-8-11-2-1-3-13(14(11)19(20)21)18-6-4-17(5-7-18)12-9-16-10-12/h1-3,12,16H,4-7,9-10H2. The Morgan fingerprint density at radius 3 is 2.52 bits per heavy atom. The highest BCUT2D eigenvalue weighted by Crippen LogP contribution is 2.32. The maximum atomic E-state index is 11.3. The molecule has 0 bridgehead atoms. The summed E-state index contributed by atoms with van der Waals surface area (Å²) in [7, 11) is 0. The van der Waals surface area contributed by atoms with Gasteiger partial charge in [0.1, 0.15) is 17.3 Å². The van der Waals surface area contributed by atoms with Crippen LogP contribution in [0, 0.1) is 21.4 Å². The first-order chi connectivity index (χ1) is 10.2. The molecule has 1 aromatic rings. The second-order valence-electron chi connectivity index (χ2n) is 5.38. The van der Waals surface area contributed by atoms with Crippen LogP contribution in [0.5, 0.6) is 0 Å². The van der Waals surface area contributed by atoms with Gasteiger partial charge in [-0.1, -0.05) is 6.07 Å². The average Bonchev–Trinajstić information content (AvgIpc) is 2.45. The van der Waals surface area contributed by atoms with E-state index in [0.717, 1.165) is 39.3 Å². The summed E-state index contributed by atoms with van der Waals surface area (Å²) in [4.78, 5) is 15.3. The number of hydrogen-bond donors (Lipinski definition) is 1. The van der Waals surface area contributed by atoms with Crippen LogP contribution in [0.25, 0.3) is 0 Å². The lowest BCUT2D eigenvalue weighted by Crippen LogP contribution is -2.61. The zero-order chi connectivity index (χ0) is 14.8. The van der Waals surface area contributed by atoms with Crippen LogP contribution < -0.4 is 10.2 Å². The van der Waals surface area contributed by atoms with Crippen LogP contribution >= 0.6 is 0 Å². The number of benzene rings is 1. The fourth-order valence-corrected chi connectivity index (χ4v) is 2.93. The number of para-hydroxylation sites is 1. The van der Waals surface area contributed by atoms with Gasteiger partial charge in [-0.15, -0.1) is 0 Å². The van der Waals surface area contributed by atoms with Crippen molar-refractivity contribution in [2.45, 2.75) is 6.04 Å². The second-order valence-corrected chi connectivity index (χ2v) is 5.38. The van der Waals surface area contributed by atoms with E-state index in [1.807, 2.05) is 11.0 Å². The molecule has 0 radical (unpaired) electrons. The third-order valence-electron chi connectivity index (χ3n) is 4.25. The lowest BCUT2D eigenvalue weighted by molar-refractivity contribution is -0.384. The van der Waals surface area contributed by atoms with Gasteiger partial charge in [-0.25, -0.2) is 0 Å². The molecule has 7 nitrogen and oxygen atoms in total. The van der Waals surface area contributed by atoms with Gasteiger partial charge in [-0.2, -0.15) is 5.26 Å². The minimum absolute atomic E-state index is 0.0706. The Bertz CT molecular complexity index is 586. The molecule has 0 aliphatic carbocycles. The first-order valence-corrected chi connectivity index (χ1v) is 7.08. The predicted molar refractivity (Wildman–Crippen MR) is 78.3 cm³/mol. The summed E-state index contributed by atoms with van der Waals surface area (Å²) in [6.07, 6.45) is 0. The molecule has 0 spiro atoms. The molecule has 0 amide bonds. The number of nitriles is 1. The molecule has 2 fully saturated rings. The summed E-state index contributed by atoms with van der Waals surface area (Å²) < 4.78 is 0. The van der Waals surface area contributed by atoms with E-state index < -0.39 is 4.92 Å². The van der Waals surface area contributed by atoms with E-state index in [4.69, 9.17) is 5.26 Å². The largest absolute Gasteiger partial charge is 0.363 e. The number of nitrogens with one attached hydrogen (secondary N) is 1. The van der Waals surface area contributed by atoms with Gasteiger partial charge in [0.25, 0.3) is 0 Å². The fraction of sp³-hybridized carbons (Fsp3) is 0.500. The zero-order valence-electron chi connectivity index (χ0n) is 11.7. The Hall–Kier alpha value is -2.17. The first kappa shape index (κ1) is 13.8. The maximum absolute atomic E-state index is 11.3. The number of rotatable bonds is 3.